The third-order valence-electron chi connectivity index (χ3n) is 6.00. The molecule has 0 spiro atoms. The van der Waals surface area contributed by atoms with E-state index in [4.69, 9.17) is 3.79 Å². The molecule has 0 N–H and O–H groups in total. The standard InChI is InChI=1S/C18BF15.C4H8O.CH3.Al/c20-4-1(5(21)11(27)16(32)10(4)26)19(2-6(22)12(28)17(33)13(29)7(2)23)3-8(24)14(30)18(34)15(31)9(3)25;1-2-3-4-5;;/h;1-4H2;1H3;/q;-1;;+1. The molecule has 0 aromatic heterocycles. The van der Waals surface area contributed by atoms with Gasteiger partial charge < -0.3 is 3.79 Å². The molecular formula is C23H11AlBF15O. The second kappa shape index (κ2) is 12.6. The van der Waals surface area contributed by atoms with Gasteiger partial charge in [0.05, 0.1) is 0 Å². The van der Waals surface area contributed by atoms with Gasteiger partial charge in [0.15, 0.2) is 87.3 Å². The molecule has 220 valence electrons. The largest absolute Gasteiger partial charge is 0.501 e. The van der Waals surface area contributed by atoms with E-state index >= 15 is 0 Å². The van der Waals surface area contributed by atoms with Crippen LogP contribution in [0.5, 0.6) is 0 Å². The van der Waals surface area contributed by atoms with Crippen molar-refractivity contribution in [1.29, 1.82) is 0 Å². The first kappa shape index (κ1) is 32.7. The Bertz CT molecular complexity index is 1260. The monoisotopic (exact) mass is 626 g/mol. The van der Waals surface area contributed by atoms with Crippen molar-refractivity contribution in [2.24, 2.45) is 0 Å². The van der Waals surface area contributed by atoms with E-state index < -0.39 is 125 Å². The maximum absolute atomic E-state index is 14.4. The summed E-state index contributed by atoms with van der Waals surface area (Å²) in [7, 11) is 0. The zero-order valence-corrected chi connectivity index (χ0v) is 21.2. The van der Waals surface area contributed by atoms with Crippen LogP contribution in [-0.4, -0.2) is 27.8 Å². The summed E-state index contributed by atoms with van der Waals surface area (Å²) in [6.07, 6.45) is 2.73. The zero-order valence-electron chi connectivity index (χ0n) is 20.1. The molecule has 0 atom stereocenters. The number of benzene rings is 3. The molecule has 1 aliphatic rings. The molecule has 0 amide bonds. The highest BCUT2D eigenvalue weighted by atomic mass is 27.2. The van der Waals surface area contributed by atoms with Gasteiger partial charge in [0, 0.05) is 23.0 Å². The quantitative estimate of drug-likeness (QED) is 0.157. The van der Waals surface area contributed by atoms with E-state index in [2.05, 4.69) is 5.79 Å². The van der Waals surface area contributed by atoms with Crippen LogP contribution in [0.15, 0.2) is 0 Å². The molecule has 1 aliphatic heterocycles. The van der Waals surface area contributed by atoms with Crippen LogP contribution in [0.25, 0.3) is 0 Å². The predicted octanol–water partition coefficient (Wildman–Crippen LogP) is 5.71. The molecule has 1 heterocycles. The Labute approximate surface area is 225 Å². The van der Waals surface area contributed by atoms with E-state index in [9.17, 15) is 65.9 Å². The Balaban J connectivity index is 0.000000575. The van der Waals surface area contributed by atoms with Crippen LogP contribution in [-0.2, 0) is 3.79 Å². The predicted molar refractivity (Wildman–Crippen MR) is 115 cm³/mol. The van der Waals surface area contributed by atoms with Crippen LogP contribution < -0.4 is 16.4 Å². The minimum atomic E-state index is -3.96. The Morgan fingerprint density at radius 1 is 0.415 bits per heavy atom. The van der Waals surface area contributed by atoms with Crippen LogP contribution in [0.2, 0.25) is 11.1 Å². The molecule has 1 saturated heterocycles. The van der Waals surface area contributed by atoms with E-state index in [1.54, 1.807) is 0 Å². The van der Waals surface area contributed by atoms with E-state index in [1.165, 1.54) is 18.1 Å². The van der Waals surface area contributed by atoms with Crippen molar-refractivity contribution >= 4 is 37.6 Å². The molecule has 4 rings (SSSR count). The minimum absolute atomic E-state index is 0.595. The van der Waals surface area contributed by atoms with Crippen molar-refractivity contribution in [3.8, 4) is 0 Å². The molecule has 0 bridgehead atoms. The van der Waals surface area contributed by atoms with E-state index in [0.717, 1.165) is 6.61 Å². The first-order valence-corrected chi connectivity index (χ1v) is 13.7. The smallest absolute Gasteiger partial charge is 0.457 e. The Morgan fingerprint density at radius 3 is 0.829 bits per heavy atom. The maximum Gasteiger partial charge on any atom is 0.457 e. The summed E-state index contributed by atoms with van der Waals surface area (Å²) in [6, 6.07) is 0. The van der Waals surface area contributed by atoms with Crippen molar-refractivity contribution in [2.45, 2.75) is 23.9 Å². The van der Waals surface area contributed by atoms with Crippen LogP contribution >= 0.6 is 0 Å². The van der Waals surface area contributed by atoms with Gasteiger partial charge in [-0.25, -0.2) is 65.9 Å². The first-order chi connectivity index (χ1) is 19.1. The van der Waals surface area contributed by atoms with Crippen LogP contribution in [0.4, 0.5) is 65.9 Å². The highest BCUT2D eigenvalue weighted by Crippen LogP contribution is 2.23. The molecule has 41 heavy (non-hydrogen) atoms. The van der Waals surface area contributed by atoms with Crippen LogP contribution in [0, 0.1) is 87.3 Å². The fraction of sp³-hybridized carbons (Fsp3) is 0.217. The third-order valence-corrected chi connectivity index (χ3v) is 8.03. The van der Waals surface area contributed by atoms with Crippen molar-refractivity contribution in [1.82, 2.24) is 0 Å². The number of hydrogen-bond acceptors (Lipinski definition) is 1. The summed E-state index contributed by atoms with van der Waals surface area (Å²) < 4.78 is 214. The molecule has 1 nitrogen and oxygen atoms in total. The SMILES string of the molecule is Fc1c(F)c(F)c(B(c2c(F)c(F)c(F)c(F)c2F)c2c(F)c(F)c(F)c(F)c2F)c(F)c1F.[CH3][Al]1[CH2]CCC[O]1. The van der Waals surface area contributed by atoms with Gasteiger partial charge in [0.1, 0.15) is 0 Å². The number of hydrogen-bond donors (Lipinski definition) is 0. The average molecular weight is 626 g/mol. The van der Waals surface area contributed by atoms with Crippen LogP contribution in [0.1, 0.15) is 12.8 Å². The molecule has 3 aromatic carbocycles. The van der Waals surface area contributed by atoms with Gasteiger partial charge in [-0.3, -0.25) is 0 Å². The molecule has 0 saturated carbocycles. The molecule has 0 radical (unpaired) electrons. The van der Waals surface area contributed by atoms with Gasteiger partial charge >= 0.3 is 14.5 Å². The van der Waals surface area contributed by atoms with E-state index in [0.29, 0.717) is 0 Å². The molecular weight excluding hydrogens is 615 g/mol. The lowest BCUT2D eigenvalue weighted by molar-refractivity contribution is 0.291. The summed E-state index contributed by atoms with van der Waals surface area (Å²) in [5, 5.41) is 1.40. The average Bonchev–Trinajstić information content (AvgIpc) is 2.95. The van der Waals surface area contributed by atoms with Gasteiger partial charge in [0.2, 0.25) is 0 Å². The minimum Gasteiger partial charge on any atom is -0.501 e. The lowest BCUT2D eigenvalue weighted by Crippen LogP contribution is -2.60. The Morgan fingerprint density at radius 2 is 0.659 bits per heavy atom. The lowest BCUT2D eigenvalue weighted by atomic mass is 9.36. The highest BCUT2D eigenvalue weighted by Gasteiger charge is 2.45. The molecule has 18 heteroatoms. The fourth-order valence-electron chi connectivity index (χ4n) is 3.96. The zero-order chi connectivity index (χ0) is 31.1. The topological polar surface area (TPSA) is 9.23 Å². The summed E-state index contributed by atoms with van der Waals surface area (Å²) in [5.74, 6) is -42.9. The third kappa shape index (κ3) is 5.78. The Kier molecular flexibility index (Phi) is 10.0. The van der Waals surface area contributed by atoms with Crippen molar-refractivity contribution in [2.75, 3.05) is 6.61 Å². The second-order valence-electron chi connectivity index (χ2n) is 8.56. The Hall–Kier alpha value is -2.83. The van der Waals surface area contributed by atoms with Gasteiger partial charge in [-0.2, -0.15) is 0 Å². The van der Waals surface area contributed by atoms with Gasteiger partial charge in [-0.1, -0.05) is 17.5 Å². The molecule has 0 unspecified atom stereocenters. The van der Waals surface area contributed by atoms with E-state index in [-0.39, 0.29) is 0 Å². The first-order valence-electron chi connectivity index (χ1n) is 11.2. The summed E-state index contributed by atoms with van der Waals surface area (Å²) in [4.78, 5) is 0. The summed E-state index contributed by atoms with van der Waals surface area (Å²) >= 11 is -0.595. The van der Waals surface area contributed by atoms with Crippen LogP contribution in [0.3, 0.4) is 0 Å². The number of halogens is 15. The molecule has 1 fully saturated rings. The van der Waals surface area contributed by atoms with Crippen molar-refractivity contribution < 1.29 is 69.6 Å². The lowest BCUT2D eigenvalue weighted by Gasteiger charge is -2.21. The van der Waals surface area contributed by atoms with E-state index in [1.807, 2.05) is 0 Å². The van der Waals surface area contributed by atoms with Crippen molar-refractivity contribution in [3.63, 3.8) is 0 Å². The molecule has 0 aliphatic carbocycles. The number of rotatable bonds is 3. The second-order valence-corrected chi connectivity index (χ2v) is 11.1. The molecule has 3 aromatic rings. The highest BCUT2D eigenvalue weighted by molar-refractivity contribution is 6.95. The maximum atomic E-state index is 14.4. The van der Waals surface area contributed by atoms with Crippen molar-refractivity contribution in [3.05, 3.63) is 87.3 Å². The summed E-state index contributed by atoms with van der Waals surface area (Å²) in [5.41, 5.74) is -8.03. The van der Waals surface area contributed by atoms with Gasteiger partial charge in [-0.15, -0.1) is 0 Å². The van der Waals surface area contributed by atoms with Gasteiger partial charge in [-0.05, 0) is 6.42 Å². The normalized spacial score (nSPS) is 13.3. The van der Waals surface area contributed by atoms with Gasteiger partial charge in [0.25, 0.3) is 6.71 Å². The fourth-order valence-corrected chi connectivity index (χ4v) is 5.56. The summed E-state index contributed by atoms with van der Waals surface area (Å²) in [6.45, 7) is -2.91.